The average Bonchev–Trinajstić information content (AvgIpc) is 2.37. The highest BCUT2D eigenvalue weighted by molar-refractivity contribution is 7.92. The van der Waals surface area contributed by atoms with E-state index in [2.05, 4.69) is 0 Å². The molecular weight excluding hydrogens is 269 g/mol. The number of ether oxygens (including phenoxy) is 1. The molecule has 19 heavy (non-hydrogen) atoms. The maximum atomic E-state index is 12.9. The van der Waals surface area contributed by atoms with Gasteiger partial charge in [-0.15, -0.1) is 0 Å². The van der Waals surface area contributed by atoms with Gasteiger partial charge >= 0.3 is 0 Å². The first kappa shape index (κ1) is 15.9. The maximum absolute atomic E-state index is 12.9. The van der Waals surface area contributed by atoms with Crippen molar-refractivity contribution in [3.63, 3.8) is 0 Å². The SMILES string of the molecule is CCN(c1ccc(F)cc1)S(=O)(=O)CCCCOC. The smallest absolute Gasteiger partial charge is 0.235 e. The van der Waals surface area contributed by atoms with E-state index in [0.29, 0.717) is 31.7 Å². The van der Waals surface area contributed by atoms with E-state index in [1.165, 1.54) is 28.6 Å². The van der Waals surface area contributed by atoms with Gasteiger partial charge in [-0.3, -0.25) is 4.31 Å². The van der Waals surface area contributed by atoms with Gasteiger partial charge in [-0.05, 0) is 44.0 Å². The Morgan fingerprint density at radius 1 is 1.21 bits per heavy atom. The number of rotatable bonds is 8. The Morgan fingerprint density at radius 2 is 1.84 bits per heavy atom. The van der Waals surface area contributed by atoms with Crippen molar-refractivity contribution in [1.82, 2.24) is 0 Å². The third kappa shape index (κ3) is 4.80. The molecule has 0 aliphatic heterocycles. The molecule has 108 valence electrons. The standard InChI is InChI=1S/C13H20FNO3S/c1-3-15(13-8-6-12(14)7-9-13)19(16,17)11-5-4-10-18-2/h6-9H,3-5,10-11H2,1-2H3. The van der Waals surface area contributed by atoms with Gasteiger partial charge in [0.25, 0.3) is 0 Å². The van der Waals surface area contributed by atoms with Crippen molar-refractivity contribution < 1.29 is 17.5 Å². The lowest BCUT2D eigenvalue weighted by molar-refractivity contribution is 0.194. The molecule has 0 bridgehead atoms. The third-order valence-electron chi connectivity index (χ3n) is 2.74. The van der Waals surface area contributed by atoms with Crippen molar-refractivity contribution in [2.75, 3.05) is 30.3 Å². The fourth-order valence-corrected chi connectivity index (χ4v) is 3.41. The Labute approximate surface area is 114 Å². The highest BCUT2D eigenvalue weighted by Crippen LogP contribution is 2.19. The molecule has 0 radical (unpaired) electrons. The second-order valence-corrected chi connectivity index (χ2v) is 6.17. The molecule has 0 amide bonds. The quantitative estimate of drug-likeness (QED) is 0.690. The molecule has 0 saturated heterocycles. The molecule has 1 aromatic rings. The van der Waals surface area contributed by atoms with E-state index in [0.717, 1.165) is 0 Å². The molecule has 1 aromatic carbocycles. The number of methoxy groups -OCH3 is 1. The van der Waals surface area contributed by atoms with E-state index in [1.807, 2.05) is 0 Å². The number of unbranched alkanes of at least 4 members (excludes halogenated alkanes) is 1. The van der Waals surface area contributed by atoms with Gasteiger partial charge in [-0.2, -0.15) is 0 Å². The monoisotopic (exact) mass is 289 g/mol. The lowest BCUT2D eigenvalue weighted by atomic mass is 10.3. The molecule has 0 aliphatic carbocycles. The van der Waals surface area contributed by atoms with Crippen LogP contribution in [0.5, 0.6) is 0 Å². The minimum Gasteiger partial charge on any atom is -0.385 e. The van der Waals surface area contributed by atoms with Crippen LogP contribution in [0.1, 0.15) is 19.8 Å². The Morgan fingerprint density at radius 3 is 2.37 bits per heavy atom. The van der Waals surface area contributed by atoms with Gasteiger partial charge in [0.15, 0.2) is 0 Å². The zero-order valence-corrected chi connectivity index (χ0v) is 12.1. The summed E-state index contributed by atoms with van der Waals surface area (Å²) in [5, 5.41) is 0. The second kappa shape index (κ2) is 7.45. The highest BCUT2D eigenvalue weighted by Gasteiger charge is 2.20. The van der Waals surface area contributed by atoms with Crippen LogP contribution in [0, 0.1) is 5.82 Å². The summed E-state index contributed by atoms with van der Waals surface area (Å²) in [6, 6.07) is 5.48. The van der Waals surface area contributed by atoms with Crippen molar-refractivity contribution in [2.24, 2.45) is 0 Å². The molecule has 0 atom stereocenters. The van der Waals surface area contributed by atoms with Crippen LogP contribution in [0.25, 0.3) is 0 Å². The molecule has 0 saturated carbocycles. The fourth-order valence-electron chi connectivity index (χ4n) is 1.79. The summed E-state index contributed by atoms with van der Waals surface area (Å²) < 4.78 is 43.5. The maximum Gasteiger partial charge on any atom is 0.235 e. The molecule has 0 fully saturated rings. The van der Waals surface area contributed by atoms with E-state index in [9.17, 15) is 12.8 Å². The molecule has 1 rings (SSSR count). The molecular formula is C13H20FNO3S. The first-order valence-electron chi connectivity index (χ1n) is 6.26. The number of benzene rings is 1. The second-order valence-electron chi connectivity index (χ2n) is 4.16. The summed E-state index contributed by atoms with van der Waals surface area (Å²) in [5.41, 5.74) is 0.496. The van der Waals surface area contributed by atoms with Crippen LogP contribution in [0.2, 0.25) is 0 Å². The van der Waals surface area contributed by atoms with E-state index in [-0.39, 0.29) is 11.6 Å². The van der Waals surface area contributed by atoms with Crippen molar-refractivity contribution in [1.29, 1.82) is 0 Å². The molecule has 0 aromatic heterocycles. The van der Waals surface area contributed by atoms with Crippen molar-refractivity contribution in [2.45, 2.75) is 19.8 Å². The Hall–Kier alpha value is -1.14. The van der Waals surface area contributed by atoms with E-state index >= 15 is 0 Å². The summed E-state index contributed by atoms with van der Waals surface area (Å²) in [6.07, 6.45) is 1.25. The minimum atomic E-state index is -3.36. The Kier molecular flexibility index (Phi) is 6.24. The number of sulfonamides is 1. The predicted octanol–water partition coefficient (Wildman–Crippen LogP) is 2.41. The van der Waals surface area contributed by atoms with Crippen LogP contribution in [0.15, 0.2) is 24.3 Å². The summed E-state index contributed by atoms with van der Waals surface area (Å²) >= 11 is 0. The van der Waals surface area contributed by atoms with Crippen LogP contribution in [-0.2, 0) is 14.8 Å². The largest absolute Gasteiger partial charge is 0.385 e. The minimum absolute atomic E-state index is 0.0710. The van der Waals surface area contributed by atoms with Crippen molar-refractivity contribution in [3.8, 4) is 0 Å². The van der Waals surface area contributed by atoms with E-state index < -0.39 is 10.0 Å². The molecule has 0 N–H and O–H groups in total. The van der Waals surface area contributed by atoms with E-state index in [4.69, 9.17) is 4.74 Å². The Balaban J connectivity index is 2.75. The van der Waals surface area contributed by atoms with Gasteiger partial charge in [-0.1, -0.05) is 0 Å². The Bertz CT molecular complexity index is 473. The third-order valence-corrected chi connectivity index (χ3v) is 4.68. The number of nitrogens with zero attached hydrogens (tertiary/aromatic N) is 1. The fraction of sp³-hybridized carbons (Fsp3) is 0.538. The molecule has 6 heteroatoms. The normalized spacial score (nSPS) is 11.5. The van der Waals surface area contributed by atoms with E-state index in [1.54, 1.807) is 14.0 Å². The summed E-state index contributed by atoms with van der Waals surface area (Å²) in [4.78, 5) is 0. The summed E-state index contributed by atoms with van der Waals surface area (Å²) in [7, 11) is -1.77. The molecule has 4 nitrogen and oxygen atoms in total. The van der Waals surface area contributed by atoms with Gasteiger partial charge in [0.1, 0.15) is 5.82 Å². The van der Waals surface area contributed by atoms with Gasteiger partial charge in [0.05, 0.1) is 11.4 Å². The van der Waals surface area contributed by atoms with Gasteiger partial charge in [-0.25, -0.2) is 12.8 Å². The van der Waals surface area contributed by atoms with Crippen LogP contribution >= 0.6 is 0 Å². The number of halogens is 1. The van der Waals surface area contributed by atoms with Crippen LogP contribution in [-0.4, -0.2) is 34.4 Å². The average molecular weight is 289 g/mol. The van der Waals surface area contributed by atoms with Gasteiger partial charge in [0, 0.05) is 20.3 Å². The lowest BCUT2D eigenvalue weighted by Gasteiger charge is -2.22. The van der Waals surface area contributed by atoms with Crippen LogP contribution < -0.4 is 4.31 Å². The first-order valence-corrected chi connectivity index (χ1v) is 7.87. The lowest BCUT2D eigenvalue weighted by Crippen LogP contribution is -2.32. The number of hydrogen-bond acceptors (Lipinski definition) is 3. The van der Waals surface area contributed by atoms with Gasteiger partial charge < -0.3 is 4.74 Å². The summed E-state index contributed by atoms with van der Waals surface area (Å²) in [6.45, 7) is 2.65. The zero-order valence-electron chi connectivity index (χ0n) is 11.3. The summed E-state index contributed by atoms with van der Waals surface area (Å²) in [5.74, 6) is -0.306. The molecule has 0 aliphatic rings. The predicted molar refractivity (Wildman–Crippen MR) is 74.3 cm³/mol. The van der Waals surface area contributed by atoms with Crippen molar-refractivity contribution >= 4 is 15.7 Å². The first-order chi connectivity index (χ1) is 9.01. The molecule has 0 heterocycles. The zero-order chi connectivity index (χ0) is 14.3. The van der Waals surface area contributed by atoms with Crippen LogP contribution in [0.4, 0.5) is 10.1 Å². The molecule has 0 unspecified atom stereocenters. The highest BCUT2D eigenvalue weighted by atomic mass is 32.2. The van der Waals surface area contributed by atoms with Crippen molar-refractivity contribution in [3.05, 3.63) is 30.1 Å². The number of hydrogen-bond donors (Lipinski definition) is 0. The van der Waals surface area contributed by atoms with Gasteiger partial charge in [0.2, 0.25) is 10.0 Å². The van der Waals surface area contributed by atoms with Crippen LogP contribution in [0.3, 0.4) is 0 Å². The topological polar surface area (TPSA) is 46.6 Å². The number of anilines is 1. The molecule has 0 spiro atoms.